The summed E-state index contributed by atoms with van der Waals surface area (Å²) in [5.41, 5.74) is 1.07. The van der Waals surface area contributed by atoms with Crippen LogP contribution in [0.2, 0.25) is 0 Å². The number of halogens is 4. The van der Waals surface area contributed by atoms with Crippen molar-refractivity contribution < 1.29 is 18.0 Å². The Balaban J connectivity index is 0.00000320. The Hall–Kier alpha value is -2.40. The average molecular weight is 542 g/mol. The van der Waals surface area contributed by atoms with Gasteiger partial charge in [-0.3, -0.25) is 4.79 Å². The Labute approximate surface area is 221 Å². The summed E-state index contributed by atoms with van der Waals surface area (Å²) in [6, 6.07) is 0. The Kier molecular flexibility index (Phi) is 8.32. The van der Waals surface area contributed by atoms with Crippen LogP contribution in [0.1, 0.15) is 80.8 Å². The van der Waals surface area contributed by atoms with E-state index in [1.807, 2.05) is 4.90 Å². The summed E-state index contributed by atoms with van der Waals surface area (Å²) < 4.78 is 43.9. The highest BCUT2D eigenvalue weighted by Crippen LogP contribution is 2.46. The average Bonchev–Trinajstić information content (AvgIpc) is 3.51. The van der Waals surface area contributed by atoms with Crippen LogP contribution in [0, 0.1) is 0 Å². The maximum Gasteiger partial charge on any atom is 0.396 e. The van der Waals surface area contributed by atoms with Crippen LogP contribution in [0.15, 0.2) is 12.5 Å². The van der Waals surface area contributed by atoms with Crippen LogP contribution in [0.4, 0.5) is 24.8 Å². The smallest absolute Gasteiger partial charge is 0.356 e. The lowest BCUT2D eigenvalue weighted by atomic mass is 9.90. The first-order chi connectivity index (χ1) is 17.2. The number of nitrogens with zero attached hydrogens (tertiary/aromatic N) is 6. The van der Waals surface area contributed by atoms with Crippen molar-refractivity contribution in [2.45, 2.75) is 76.4 Å². The molecule has 0 bridgehead atoms. The Morgan fingerprint density at radius 3 is 2.43 bits per heavy atom. The van der Waals surface area contributed by atoms with Crippen molar-refractivity contribution in [3.63, 3.8) is 0 Å². The molecular weight excluding hydrogens is 507 g/mol. The van der Waals surface area contributed by atoms with Crippen molar-refractivity contribution in [3.8, 4) is 0 Å². The van der Waals surface area contributed by atoms with Gasteiger partial charge >= 0.3 is 6.18 Å². The number of fused-ring (bicyclic) bond motifs is 1. The summed E-state index contributed by atoms with van der Waals surface area (Å²) in [6.45, 7) is 9.66. The van der Waals surface area contributed by atoms with Gasteiger partial charge in [-0.15, -0.1) is 12.4 Å². The summed E-state index contributed by atoms with van der Waals surface area (Å²) >= 11 is 0. The molecule has 0 aliphatic carbocycles. The molecule has 2 saturated heterocycles. The van der Waals surface area contributed by atoms with E-state index in [0.29, 0.717) is 19.0 Å². The Morgan fingerprint density at radius 1 is 1.08 bits per heavy atom. The molecule has 2 fully saturated rings. The van der Waals surface area contributed by atoms with Crippen LogP contribution < -0.4 is 10.2 Å². The van der Waals surface area contributed by atoms with Gasteiger partial charge in [0.15, 0.2) is 0 Å². The minimum Gasteiger partial charge on any atom is -0.356 e. The standard InChI is InChI=1S/C25H34F3N7O.ClH/c1-16(2)19-14-35(12-11-33-7-3-4-8-33)23(31-19)17-5-9-34(10-6-17)24-21-18(25(26,27)28)13-20(36)32-22(21)29-15-30-24;/h14-18H,3-13H2,1-2H3,(H,29,30,32,36);1H/t18-;/m1./s1. The van der Waals surface area contributed by atoms with Gasteiger partial charge in [0, 0.05) is 44.7 Å². The Bertz CT molecular complexity index is 1090. The number of carbonyl (C=O) groups is 1. The first-order valence-electron chi connectivity index (χ1n) is 13.0. The second-order valence-corrected chi connectivity index (χ2v) is 10.5. The number of likely N-dealkylation sites (tertiary alicyclic amines) is 1. The van der Waals surface area contributed by atoms with Crippen molar-refractivity contribution in [1.29, 1.82) is 0 Å². The molecule has 0 saturated carbocycles. The molecule has 0 unspecified atom stereocenters. The number of nitrogens with one attached hydrogen (secondary N) is 1. The van der Waals surface area contributed by atoms with Crippen LogP contribution in [-0.4, -0.2) is 69.2 Å². The molecular formula is C25H35ClF3N7O. The number of hydrogen-bond acceptors (Lipinski definition) is 6. The van der Waals surface area contributed by atoms with Crippen molar-refractivity contribution in [2.24, 2.45) is 0 Å². The monoisotopic (exact) mass is 541 g/mol. The third kappa shape index (κ3) is 5.87. The second kappa shape index (κ2) is 11.1. The lowest BCUT2D eigenvalue weighted by Crippen LogP contribution is -2.38. The number of alkyl halides is 3. The maximum atomic E-state index is 13.9. The van der Waals surface area contributed by atoms with Gasteiger partial charge in [0.25, 0.3) is 0 Å². The van der Waals surface area contributed by atoms with E-state index in [1.54, 1.807) is 0 Å². The normalized spacial score (nSPS) is 21.2. The number of amides is 1. The lowest BCUT2D eigenvalue weighted by Gasteiger charge is -2.36. The quantitative estimate of drug-likeness (QED) is 0.572. The number of imidazole rings is 1. The molecule has 0 spiro atoms. The summed E-state index contributed by atoms with van der Waals surface area (Å²) in [6.07, 6.45) is 2.31. The van der Waals surface area contributed by atoms with Crippen molar-refractivity contribution in [3.05, 3.63) is 29.6 Å². The molecule has 3 aliphatic heterocycles. The third-order valence-corrected chi connectivity index (χ3v) is 7.69. The highest BCUT2D eigenvalue weighted by Gasteiger charge is 2.48. The van der Waals surface area contributed by atoms with E-state index in [2.05, 4.69) is 44.8 Å². The van der Waals surface area contributed by atoms with E-state index in [-0.39, 0.29) is 35.5 Å². The molecule has 0 radical (unpaired) electrons. The lowest BCUT2D eigenvalue weighted by molar-refractivity contribution is -0.156. The third-order valence-electron chi connectivity index (χ3n) is 7.69. The molecule has 5 heterocycles. The first kappa shape index (κ1) is 27.6. The van der Waals surface area contributed by atoms with E-state index in [4.69, 9.17) is 4.98 Å². The fourth-order valence-corrected chi connectivity index (χ4v) is 5.65. The fourth-order valence-electron chi connectivity index (χ4n) is 5.65. The second-order valence-electron chi connectivity index (χ2n) is 10.5. The molecule has 3 aliphatic rings. The molecule has 204 valence electrons. The van der Waals surface area contributed by atoms with Crippen molar-refractivity contribution >= 4 is 29.9 Å². The Morgan fingerprint density at radius 2 is 1.78 bits per heavy atom. The van der Waals surface area contributed by atoms with E-state index < -0.39 is 24.4 Å². The van der Waals surface area contributed by atoms with Gasteiger partial charge in [-0.2, -0.15) is 13.2 Å². The zero-order chi connectivity index (χ0) is 25.4. The van der Waals surface area contributed by atoms with Crippen LogP contribution in [0.25, 0.3) is 0 Å². The predicted molar refractivity (Wildman–Crippen MR) is 138 cm³/mol. The highest BCUT2D eigenvalue weighted by atomic mass is 35.5. The zero-order valence-electron chi connectivity index (χ0n) is 21.3. The largest absolute Gasteiger partial charge is 0.396 e. The minimum absolute atomic E-state index is 0. The summed E-state index contributed by atoms with van der Waals surface area (Å²) in [7, 11) is 0. The molecule has 2 aromatic rings. The van der Waals surface area contributed by atoms with Crippen LogP contribution in [0.5, 0.6) is 0 Å². The molecule has 1 N–H and O–H groups in total. The van der Waals surface area contributed by atoms with Crippen LogP contribution >= 0.6 is 12.4 Å². The van der Waals surface area contributed by atoms with Gasteiger partial charge in [0.1, 0.15) is 23.8 Å². The van der Waals surface area contributed by atoms with Gasteiger partial charge < -0.3 is 19.7 Å². The number of aromatic nitrogens is 4. The van der Waals surface area contributed by atoms with Gasteiger partial charge in [0.05, 0.1) is 17.2 Å². The molecule has 5 rings (SSSR count). The summed E-state index contributed by atoms with van der Waals surface area (Å²) in [4.78, 5) is 29.5. The number of anilines is 2. The molecule has 1 amide bonds. The minimum atomic E-state index is -4.54. The zero-order valence-corrected chi connectivity index (χ0v) is 22.1. The molecule has 1 atom stereocenters. The van der Waals surface area contributed by atoms with Crippen LogP contribution in [-0.2, 0) is 11.3 Å². The topological polar surface area (TPSA) is 79.2 Å². The van der Waals surface area contributed by atoms with Gasteiger partial charge in [-0.25, -0.2) is 15.0 Å². The van der Waals surface area contributed by atoms with E-state index >= 15 is 0 Å². The molecule has 12 heteroatoms. The molecule has 37 heavy (non-hydrogen) atoms. The maximum absolute atomic E-state index is 13.9. The number of hydrogen-bond donors (Lipinski definition) is 1. The van der Waals surface area contributed by atoms with Crippen LogP contribution in [0.3, 0.4) is 0 Å². The highest BCUT2D eigenvalue weighted by molar-refractivity contribution is 5.94. The summed E-state index contributed by atoms with van der Waals surface area (Å²) in [5.74, 6) is -0.659. The number of rotatable bonds is 6. The number of piperidine rings is 1. The molecule has 0 aromatic carbocycles. The van der Waals surface area contributed by atoms with Gasteiger partial charge in [-0.05, 0) is 44.7 Å². The predicted octanol–water partition coefficient (Wildman–Crippen LogP) is 4.69. The van der Waals surface area contributed by atoms with Crippen molar-refractivity contribution in [1.82, 2.24) is 24.4 Å². The van der Waals surface area contributed by atoms with E-state index in [0.717, 1.165) is 50.5 Å². The molecule has 8 nitrogen and oxygen atoms in total. The van der Waals surface area contributed by atoms with E-state index in [9.17, 15) is 18.0 Å². The first-order valence-corrected chi connectivity index (χ1v) is 13.0. The fraction of sp³-hybridized carbons (Fsp3) is 0.680. The summed E-state index contributed by atoms with van der Waals surface area (Å²) in [5, 5.41) is 2.50. The SMILES string of the molecule is CC(C)c1cn(CCN2CCCC2)c(C2CCN(c3ncnc4c3[C@H](C(F)(F)F)CC(=O)N4)CC2)n1.Cl. The molecule has 2 aromatic heterocycles. The van der Waals surface area contributed by atoms with Crippen molar-refractivity contribution in [2.75, 3.05) is 42.9 Å². The van der Waals surface area contributed by atoms with E-state index in [1.165, 1.54) is 19.2 Å². The number of carbonyl (C=O) groups excluding carboxylic acids is 1. The van der Waals surface area contributed by atoms with Gasteiger partial charge in [-0.1, -0.05) is 13.8 Å². The van der Waals surface area contributed by atoms with Gasteiger partial charge in [0.2, 0.25) is 5.91 Å².